The second-order valence-corrected chi connectivity index (χ2v) is 5.59. The zero-order valence-corrected chi connectivity index (χ0v) is 12.9. The second-order valence-electron chi connectivity index (χ2n) is 5.15. The van der Waals surface area contributed by atoms with E-state index in [1.165, 1.54) is 0 Å². The van der Waals surface area contributed by atoms with E-state index in [2.05, 4.69) is 26.3 Å². The number of anilines is 2. The van der Waals surface area contributed by atoms with Crippen LogP contribution < -0.4 is 5.32 Å². The van der Waals surface area contributed by atoms with E-state index in [1.54, 1.807) is 12.4 Å². The zero-order chi connectivity index (χ0) is 15.6. The molecule has 0 aliphatic rings. The van der Waals surface area contributed by atoms with Crippen molar-refractivity contribution in [2.75, 3.05) is 5.32 Å². The normalized spacial score (nSPS) is 10.8. The molecule has 112 valence electrons. The lowest BCUT2D eigenvalue weighted by molar-refractivity contribution is 1.27. The summed E-state index contributed by atoms with van der Waals surface area (Å²) in [6.45, 7) is 0. The zero-order valence-electron chi connectivity index (χ0n) is 12.1. The van der Waals surface area contributed by atoms with Crippen LogP contribution >= 0.6 is 11.6 Å². The van der Waals surface area contributed by atoms with E-state index in [9.17, 15) is 0 Å². The van der Waals surface area contributed by atoms with Crippen LogP contribution in [0, 0.1) is 0 Å². The molecule has 4 nitrogen and oxygen atoms in total. The van der Waals surface area contributed by atoms with Crippen molar-refractivity contribution in [3.63, 3.8) is 0 Å². The lowest BCUT2D eigenvalue weighted by atomic mass is 10.1. The van der Waals surface area contributed by atoms with Crippen molar-refractivity contribution in [2.24, 2.45) is 0 Å². The first-order chi connectivity index (χ1) is 11.3. The molecule has 0 atom stereocenters. The highest BCUT2D eigenvalue weighted by Crippen LogP contribution is 2.30. The van der Waals surface area contributed by atoms with Crippen molar-refractivity contribution in [3.05, 3.63) is 72.0 Å². The van der Waals surface area contributed by atoms with E-state index in [4.69, 9.17) is 11.6 Å². The Morgan fingerprint density at radius 3 is 2.70 bits per heavy atom. The molecule has 0 bridgehead atoms. The Morgan fingerprint density at radius 1 is 0.913 bits per heavy atom. The number of H-pyrrole nitrogens is 1. The number of benzene rings is 1. The van der Waals surface area contributed by atoms with Crippen LogP contribution in [0.4, 0.5) is 11.6 Å². The van der Waals surface area contributed by atoms with E-state index in [0.29, 0.717) is 5.02 Å². The number of halogens is 1. The summed E-state index contributed by atoms with van der Waals surface area (Å²) in [4.78, 5) is 12.1. The molecule has 4 rings (SSSR count). The molecule has 3 aromatic heterocycles. The maximum atomic E-state index is 6.09. The van der Waals surface area contributed by atoms with Gasteiger partial charge in [0.25, 0.3) is 0 Å². The van der Waals surface area contributed by atoms with Gasteiger partial charge in [-0.3, -0.25) is 0 Å². The van der Waals surface area contributed by atoms with Gasteiger partial charge in [0.05, 0.1) is 5.52 Å². The van der Waals surface area contributed by atoms with Gasteiger partial charge in [0.2, 0.25) is 0 Å². The van der Waals surface area contributed by atoms with Gasteiger partial charge in [0.1, 0.15) is 11.6 Å². The van der Waals surface area contributed by atoms with Gasteiger partial charge in [-0.1, -0.05) is 29.8 Å². The summed E-state index contributed by atoms with van der Waals surface area (Å²) in [6, 6.07) is 17.5. The first-order valence-electron chi connectivity index (χ1n) is 7.21. The molecule has 0 amide bonds. The number of rotatable bonds is 3. The molecule has 0 saturated heterocycles. The molecular formula is C18H13ClN4. The third kappa shape index (κ3) is 2.76. The predicted octanol–water partition coefficient (Wildman–Crippen LogP) is 5.02. The topological polar surface area (TPSA) is 53.6 Å². The van der Waals surface area contributed by atoms with Crippen LogP contribution in [-0.4, -0.2) is 15.0 Å². The molecule has 2 N–H and O–H groups in total. The number of hydrogen-bond donors (Lipinski definition) is 2. The van der Waals surface area contributed by atoms with Gasteiger partial charge in [0.15, 0.2) is 0 Å². The molecule has 0 saturated carbocycles. The Balaban J connectivity index is 1.78. The minimum atomic E-state index is 0.714. The summed E-state index contributed by atoms with van der Waals surface area (Å²) in [5, 5.41) is 4.98. The minimum Gasteiger partial charge on any atom is -0.354 e. The number of aromatic amines is 1. The molecule has 0 aliphatic heterocycles. The number of aromatic nitrogens is 3. The lowest BCUT2D eigenvalue weighted by Crippen LogP contribution is -1.95. The Labute approximate surface area is 138 Å². The summed E-state index contributed by atoms with van der Waals surface area (Å²) in [5.74, 6) is 1.53. The van der Waals surface area contributed by atoms with Crippen molar-refractivity contribution in [3.8, 4) is 11.3 Å². The van der Waals surface area contributed by atoms with Crippen LogP contribution in [0.2, 0.25) is 5.02 Å². The highest BCUT2D eigenvalue weighted by atomic mass is 35.5. The van der Waals surface area contributed by atoms with Crippen molar-refractivity contribution in [2.45, 2.75) is 0 Å². The van der Waals surface area contributed by atoms with Gasteiger partial charge >= 0.3 is 0 Å². The average Bonchev–Trinajstić information content (AvgIpc) is 3.01. The summed E-state index contributed by atoms with van der Waals surface area (Å²) < 4.78 is 0. The molecule has 23 heavy (non-hydrogen) atoms. The van der Waals surface area contributed by atoms with Crippen LogP contribution in [-0.2, 0) is 0 Å². The van der Waals surface area contributed by atoms with Crippen molar-refractivity contribution < 1.29 is 0 Å². The average molecular weight is 321 g/mol. The first-order valence-corrected chi connectivity index (χ1v) is 7.59. The number of nitrogens with one attached hydrogen (secondary N) is 2. The van der Waals surface area contributed by atoms with Crippen molar-refractivity contribution >= 4 is 34.1 Å². The third-order valence-electron chi connectivity index (χ3n) is 3.60. The quantitative estimate of drug-likeness (QED) is 0.557. The second kappa shape index (κ2) is 5.74. The molecule has 0 radical (unpaired) electrons. The molecule has 0 spiro atoms. The fourth-order valence-electron chi connectivity index (χ4n) is 2.52. The van der Waals surface area contributed by atoms with Crippen LogP contribution in [0.1, 0.15) is 0 Å². The third-order valence-corrected chi connectivity index (χ3v) is 3.83. The van der Waals surface area contributed by atoms with Crippen LogP contribution in [0.3, 0.4) is 0 Å². The number of nitrogens with zero attached hydrogens (tertiary/aromatic N) is 2. The van der Waals surface area contributed by atoms with Crippen molar-refractivity contribution in [1.82, 2.24) is 15.0 Å². The van der Waals surface area contributed by atoms with Gasteiger partial charge in [-0.2, -0.15) is 0 Å². The standard InChI is InChI=1S/C18H13ClN4/c19-13-5-3-4-12(10-13)16-11-14-15(22-16)7-9-21-18(14)23-17-6-1-2-8-20-17/h1-11,22H,(H,20,21,23). The maximum Gasteiger partial charge on any atom is 0.140 e. The molecular weight excluding hydrogens is 308 g/mol. The molecule has 4 aromatic rings. The van der Waals surface area contributed by atoms with Gasteiger partial charge in [0, 0.05) is 28.5 Å². The number of pyridine rings is 2. The SMILES string of the molecule is Clc1cccc(-c2cc3c(Nc4ccccn4)nccc3[nH]2)c1. The Hall–Kier alpha value is -2.85. The summed E-state index contributed by atoms with van der Waals surface area (Å²) in [7, 11) is 0. The van der Waals surface area contributed by atoms with Crippen LogP contribution in [0.15, 0.2) is 67.0 Å². The van der Waals surface area contributed by atoms with Crippen molar-refractivity contribution in [1.29, 1.82) is 0 Å². The fourth-order valence-corrected chi connectivity index (χ4v) is 2.71. The summed E-state index contributed by atoms with van der Waals surface area (Å²) in [5.41, 5.74) is 3.05. The summed E-state index contributed by atoms with van der Waals surface area (Å²) in [6.07, 6.45) is 3.52. The van der Waals surface area contributed by atoms with E-state index >= 15 is 0 Å². The van der Waals surface area contributed by atoms with Crippen LogP contribution in [0.5, 0.6) is 0 Å². The molecule has 0 fully saturated rings. The largest absolute Gasteiger partial charge is 0.354 e. The lowest BCUT2D eigenvalue weighted by Gasteiger charge is -2.04. The Bertz CT molecular complexity index is 963. The molecule has 5 heteroatoms. The Kier molecular flexibility index (Phi) is 3.44. The molecule has 0 unspecified atom stereocenters. The van der Waals surface area contributed by atoms with E-state index in [0.717, 1.165) is 33.8 Å². The summed E-state index contributed by atoms with van der Waals surface area (Å²) >= 11 is 6.09. The molecule has 1 aromatic carbocycles. The van der Waals surface area contributed by atoms with Gasteiger partial charge in [-0.05, 0) is 42.0 Å². The van der Waals surface area contributed by atoms with Gasteiger partial charge < -0.3 is 10.3 Å². The van der Waals surface area contributed by atoms with Gasteiger partial charge in [-0.15, -0.1) is 0 Å². The maximum absolute atomic E-state index is 6.09. The highest BCUT2D eigenvalue weighted by molar-refractivity contribution is 6.30. The highest BCUT2D eigenvalue weighted by Gasteiger charge is 2.09. The van der Waals surface area contributed by atoms with E-state index in [1.807, 2.05) is 48.5 Å². The predicted molar refractivity (Wildman–Crippen MR) is 94.1 cm³/mol. The first kappa shape index (κ1) is 13.8. The Morgan fingerprint density at radius 2 is 1.87 bits per heavy atom. The molecule has 0 aliphatic carbocycles. The fraction of sp³-hybridized carbons (Fsp3) is 0. The smallest absolute Gasteiger partial charge is 0.140 e. The van der Waals surface area contributed by atoms with Crippen LogP contribution in [0.25, 0.3) is 22.2 Å². The monoisotopic (exact) mass is 320 g/mol. The molecule has 3 heterocycles. The van der Waals surface area contributed by atoms with E-state index < -0.39 is 0 Å². The minimum absolute atomic E-state index is 0.714. The number of fused-ring (bicyclic) bond motifs is 1. The van der Waals surface area contributed by atoms with E-state index in [-0.39, 0.29) is 0 Å². The van der Waals surface area contributed by atoms with Gasteiger partial charge in [-0.25, -0.2) is 9.97 Å². The number of hydrogen-bond acceptors (Lipinski definition) is 3.